The van der Waals surface area contributed by atoms with Gasteiger partial charge in [-0.2, -0.15) is 0 Å². The molecule has 0 saturated heterocycles. The van der Waals surface area contributed by atoms with Gasteiger partial charge in [0.2, 0.25) is 5.91 Å². The summed E-state index contributed by atoms with van der Waals surface area (Å²) in [6, 6.07) is 23.2. The van der Waals surface area contributed by atoms with Gasteiger partial charge in [-0.3, -0.25) is 10.1 Å². The van der Waals surface area contributed by atoms with Crippen LogP contribution in [0.15, 0.2) is 72.8 Å². The molecule has 1 atom stereocenters. The molecule has 0 aliphatic rings. The Bertz CT molecular complexity index is 1340. The summed E-state index contributed by atoms with van der Waals surface area (Å²) in [5.41, 5.74) is 2.94. The van der Waals surface area contributed by atoms with Gasteiger partial charge in [-0.1, -0.05) is 63.2 Å². The monoisotopic (exact) mass is 603 g/mol. The number of ether oxygens (including phenoxy) is 3. The molecule has 0 fully saturated rings. The number of carbonyl (C=O) groups excluding carboxylic acids is 2. The van der Waals surface area contributed by atoms with E-state index in [9.17, 15) is 9.59 Å². The van der Waals surface area contributed by atoms with Crippen molar-refractivity contribution in [3.8, 4) is 5.75 Å². The molecule has 8 nitrogen and oxygen atoms in total. The van der Waals surface area contributed by atoms with Crippen molar-refractivity contribution in [2.75, 3.05) is 50.2 Å². The van der Waals surface area contributed by atoms with E-state index in [4.69, 9.17) is 14.2 Å². The summed E-state index contributed by atoms with van der Waals surface area (Å²) in [5, 5.41) is 5.93. The highest BCUT2D eigenvalue weighted by atomic mass is 16.6. The van der Waals surface area contributed by atoms with E-state index in [0.717, 1.165) is 41.9 Å². The fourth-order valence-electron chi connectivity index (χ4n) is 4.75. The Hall–Kier alpha value is -4.04. The van der Waals surface area contributed by atoms with Gasteiger partial charge in [0, 0.05) is 49.1 Å². The van der Waals surface area contributed by atoms with E-state index < -0.39 is 11.7 Å². The number of amides is 2. The standard InChI is InChI=1S/C36H49N3O5/c1-8-35(4,5)33(40)37-22-13-24-43-31-19-16-29(17-20-31)36(6,28-14-11-10-12-15-28)44-34(41)38-32-21-18-30(26-27(32)3)39(9-2)23-25-42-7/h10-12,14-21,26H,8-9,13,22-25H2,1-7H3,(H,37,40)(H,38,41). The molecule has 0 bridgehead atoms. The number of aryl methyl sites for hydroxylation is 1. The summed E-state index contributed by atoms with van der Waals surface area (Å²) < 4.78 is 17.3. The van der Waals surface area contributed by atoms with Gasteiger partial charge in [-0.25, -0.2) is 4.79 Å². The van der Waals surface area contributed by atoms with Crippen LogP contribution in [0.3, 0.4) is 0 Å². The van der Waals surface area contributed by atoms with Gasteiger partial charge in [-0.15, -0.1) is 0 Å². The maximum Gasteiger partial charge on any atom is 0.412 e. The smallest absolute Gasteiger partial charge is 0.412 e. The Labute approximate surface area is 263 Å². The minimum atomic E-state index is -1.05. The van der Waals surface area contributed by atoms with E-state index >= 15 is 0 Å². The van der Waals surface area contributed by atoms with Crippen LogP contribution in [0.2, 0.25) is 0 Å². The summed E-state index contributed by atoms with van der Waals surface area (Å²) in [4.78, 5) is 27.8. The van der Waals surface area contributed by atoms with Crippen LogP contribution in [-0.4, -0.2) is 52.0 Å². The van der Waals surface area contributed by atoms with E-state index in [1.165, 1.54) is 0 Å². The summed E-state index contributed by atoms with van der Waals surface area (Å²) in [6.07, 6.45) is 0.935. The topological polar surface area (TPSA) is 89.1 Å². The molecule has 2 amide bonds. The van der Waals surface area contributed by atoms with E-state index in [2.05, 4.69) is 28.5 Å². The van der Waals surface area contributed by atoms with Crippen LogP contribution in [0.5, 0.6) is 5.75 Å². The molecule has 44 heavy (non-hydrogen) atoms. The first-order chi connectivity index (χ1) is 21.0. The SMILES string of the molecule is CCN(CCOC)c1ccc(NC(=O)OC(C)(c2ccccc2)c2ccc(OCCCNC(=O)C(C)(C)CC)cc2)c(C)c1. The number of hydrogen-bond acceptors (Lipinski definition) is 6. The van der Waals surface area contributed by atoms with Gasteiger partial charge < -0.3 is 24.4 Å². The molecule has 0 saturated carbocycles. The molecular weight excluding hydrogens is 554 g/mol. The second kappa shape index (κ2) is 16.1. The van der Waals surface area contributed by atoms with Crippen molar-refractivity contribution < 1.29 is 23.8 Å². The van der Waals surface area contributed by atoms with Crippen molar-refractivity contribution in [3.05, 3.63) is 89.5 Å². The Morgan fingerprint density at radius 2 is 1.57 bits per heavy atom. The van der Waals surface area contributed by atoms with Gasteiger partial charge in [0.25, 0.3) is 0 Å². The summed E-state index contributed by atoms with van der Waals surface area (Å²) in [5.74, 6) is 0.762. The molecule has 0 aromatic heterocycles. The highest BCUT2D eigenvalue weighted by Gasteiger charge is 2.33. The molecule has 0 spiro atoms. The number of hydrogen-bond donors (Lipinski definition) is 2. The molecule has 3 rings (SSSR count). The van der Waals surface area contributed by atoms with E-state index in [-0.39, 0.29) is 11.3 Å². The fraction of sp³-hybridized carbons (Fsp3) is 0.444. The maximum atomic E-state index is 13.3. The Balaban J connectivity index is 1.68. The second-order valence-electron chi connectivity index (χ2n) is 11.7. The number of benzene rings is 3. The quantitative estimate of drug-likeness (QED) is 0.167. The molecule has 0 aliphatic carbocycles. The third-order valence-corrected chi connectivity index (χ3v) is 8.16. The Kier molecular flexibility index (Phi) is 12.6. The third kappa shape index (κ3) is 9.23. The van der Waals surface area contributed by atoms with Crippen molar-refractivity contribution >= 4 is 23.4 Å². The highest BCUT2D eigenvalue weighted by molar-refractivity contribution is 5.86. The van der Waals surface area contributed by atoms with Gasteiger partial charge >= 0.3 is 6.09 Å². The molecule has 3 aromatic carbocycles. The lowest BCUT2D eigenvalue weighted by atomic mass is 9.88. The Morgan fingerprint density at radius 3 is 2.18 bits per heavy atom. The fourth-order valence-corrected chi connectivity index (χ4v) is 4.75. The minimum Gasteiger partial charge on any atom is -0.494 e. The first kappa shape index (κ1) is 34.5. The average Bonchev–Trinajstić information content (AvgIpc) is 3.03. The zero-order valence-corrected chi connectivity index (χ0v) is 27.4. The summed E-state index contributed by atoms with van der Waals surface area (Å²) in [7, 11) is 1.70. The van der Waals surface area contributed by atoms with Crippen LogP contribution in [0.1, 0.15) is 64.2 Å². The molecule has 0 heterocycles. The van der Waals surface area contributed by atoms with Crippen LogP contribution in [0.4, 0.5) is 16.2 Å². The van der Waals surface area contributed by atoms with E-state index in [0.29, 0.717) is 37.6 Å². The predicted molar refractivity (Wildman–Crippen MR) is 178 cm³/mol. The highest BCUT2D eigenvalue weighted by Crippen LogP contribution is 2.35. The molecule has 2 N–H and O–H groups in total. The van der Waals surface area contributed by atoms with Crippen molar-refractivity contribution in [1.82, 2.24) is 5.32 Å². The summed E-state index contributed by atoms with van der Waals surface area (Å²) >= 11 is 0. The minimum absolute atomic E-state index is 0.0573. The first-order valence-electron chi connectivity index (χ1n) is 15.5. The number of anilines is 2. The van der Waals surface area contributed by atoms with Crippen LogP contribution in [0.25, 0.3) is 0 Å². The molecule has 1 unspecified atom stereocenters. The molecule has 0 radical (unpaired) electrons. The Morgan fingerprint density at radius 1 is 0.886 bits per heavy atom. The number of rotatable bonds is 16. The second-order valence-corrected chi connectivity index (χ2v) is 11.7. The first-order valence-corrected chi connectivity index (χ1v) is 15.5. The van der Waals surface area contributed by atoms with Gasteiger partial charge in [0.1, 0.15) is 5.75 Å². The lowest BCUT2D eigenvalue weighted by molar-refractivity contribution is -0.129. The van der Waals surface area contributed by atoms with E-state index in [1.54, 1.807) is 7.11 Å². The number of methoxy groups -OCH3 is 1. The number of likely N-dealkylation sites (N-methyl/N-ethyl adjacent to an activating group) is 1. The lowest BCUT2D eigenvalue weighted by Crippen LogP contribution is -2.37. The van der Waals surface area contributed by atoms with Gasteiger partial charge in [0.15, 0.2) is 5.60 Å². The van der Waals surface area contributed by atoms with Crippen LogP contribution in [-0.2, 0) is 19.9 Å². The number of carbonyl (C=O) groups is 2. The zero-order valence-electron chi connectivity index (χ0n) is 27.4. The van der Waals surface area contributed by atoms with Crippen LogP contribution in [0, 0.1) is 12.3 Å². The maximum absolute atomic E-state index is 13.3. The van der Waals surface area contributed by atoms with Crippen LogP contribution < -0.4 is 20.3 Å². The van der Waals surface area contributed by atoms with Crippen molar-refractivity contribution in [3.63, 3.8) is 0 Å². The number of nitrogens with one attached hydrogen (secondary N) is 2. The molecule has 3 aromatic rings. The summed E-state index contributed by atoms with van der Waals surface area (Å²) in [6.45, 7) is 15.2. The zero-order chi connectivity index (χ0) is 32.2. The van der Waals surface area contributed by atoms with Crippen molar-refractivity contribution in [1.29, 1.82) is 0 Å². The average molecular weight is 604 g/mol. The molecule has 238 valence electrons. The van der Waals surface area contributed by atoms with Crippen LogP contribution >= 0.6 is 0 Å². The lowest BCUT2D eigenvalue weighted by Gasteiger charge is -2.31. The molecule has 0 aliphatic heterocycles. The van der Waals surface area contributed by atoms with Gasteiger partial charge in [0.05, 0.1) is 13.2 Å². The molecular formula is C36H49N3O5. The van der Waals surface area contributed by atoms with Crippen molar-refractivity contribution in [2.45, 2.75) is 60.0 Å². The largest absolute Gasteiger partial charge is 0.494 e. The van der Waals surface area contributed by atoms with E-state index in [1.807, 2.05) is 101 Å². The van der Waals surface area contributed by atoms with Gasteiger partial charge in [-0.05, 0) is 75.1 Å². The van der Waals surface area contributed by atoms with Crippen molar-refractivity contribution in [2.24, 2.45) is 5.41 Å². The number of nitrogens with zero attached hydrogens (tertiary/aromatic N) is 1. The normalized spacial score (nSPS) is 12.6. The predicted octanol–water partition coefficient (Wildman–Crippen LogP) is 7.30. The third-order valence-electron chi connectivity index (χ3n) is 8.16. The molecule has 8 heteroatoms.